The number of dihydropyridines is 1. The summed E-state index contributed by atoms with van der Waals surface area (Å²) in [6, 6.07) is 6.05. The van der Waals surface area contributed by atoms with Crippen LogP contribution in [0.4, 0.5) is 0 Å². The van der Waals surface area contributed by atoms with Gasteiger partial charge in [0.25, 0.3) is 0 Å². The van der Waals surface area contributed by atoms with Crippen molar-refractivity contribution in [1.82, 2.24) is 35.3 Å². The van der Waals surface area contributed by atoms with Gasteiger partial charge in [-0.25, -0.2) is 4.98 Å². The van der Waals surface area contributed by atoms with Crippen LogP contribution in [0.3, 0.4) is 0 Å². The van der Waals surface area contributed by atoms with E-state index in [-0.39, 0.29) is 6.61 Å². The Bertz CT molecular complexity index is 1010. The number of nitrogens with one attached hydrogen (secondary N) is 2. The van der Waals surface area contributed by atoms with Crippen LogP contribution in [0.1, 0.15) is 17.1 Å². The van der Waals surface area contributed by atoms with Gasteiger partial charge in [0, 0.05) is 62.5 Å². The zero-order valence-electron chi connectivity index (χ0n) is 17.1. The topological polar surface area (TPSA) is 95.3 Å². The Hall–Kier alpha value is -3.27. The number of ether oxygens (including phenoxy) is 1. The van der Waals surface area contributed by atoms with E-state index in [0.29, 0.717) is 5.89 Å². The molecule has 1 saturated heterocycles. The first kappa shape index (κ1) is 19.7. The van der Waals surface area contributed by atoms with Gasteiger partial charge in [0.1, 0.15) is 12.9 Å². The summed E-state index contributed by atoms with van der Waals surface area (Å²) in [4.78, 5) is 13.4. The lowest BCUT2D eigenvalue weighted by Gasteiger charge is -2.46. The number of piperazine rings is 1. The second kappa shape index (κ2) is 8.84. The molecule has 0 spiro atoms. The normalized spacial score (nSPS) is 22.3. The standard InChI is InChI=1S/C22H25N7O2/c1-2-6-23-20(3-1)16-28-8-10-29(11-9-28)22(31-17-21-24-7-12-30-21)5-4-18(13-25-22)19-14-26-27-15-19/h1-7,12-15,25H,8-11,16-17H2,(H,26,27). The van der Waals surface area contributed by atoms with Gasteiger partial charge in [-0.15, -0.1) is 0 Å². The quantitative estimate of drug-likeness (QED) is 0.600. The minimum Gasteiger partial charge on any atom is -0.446 e. The van der Waals surface area contributed by atoms with Gasteiger partial charge in [0.05, 0.1) is 18.1 Å². The molecule has 9 nitrogen and oxygen atoms in total. The molecule has 9 heteroatoms. The molecule has 0 aliphatic carbocycles. The summed E-state index contributed by atoms with van der Waals surface area (Å²) in [7, 11) is 0. The highest BCUT2D eigenvalue weighted by Crippen LogP contribution is 2.27. The van der Waals surface area contributed by atoms with E-state index in [1.807, 2.05) is 30.7 Å². The average Bonchev–Trinajstić information content (AvgIpc) is 3.54. The second-order valence-electron chi connectivity index (χ2n) is 7.56. The fourth-order valence-corrected chi connectivity index (χ4v) is 3.90. The molecular formula is C22H25N7O2. The summed E-state index contributed by atoms with van der Waals surface area (Å²) in [6.45, 7) is 4.68. The molecular weight excluding hydrogens is 394 g/mol. The van der Waals surface area contributed by atoms with Crippen LogP contribution in [0.2, 0.25) is 0 Å². The molecule has 0 saturated carbocycles. The molecule has 3 aromatic rings. The van der Waals surface area contributed by atoms with Crippen molar-refractivity contribution in [3.05, 3.63) is 84.7 Å². The molecule has 2 aliphatic heterocycles. The maximum absolute atomic E-state index is 6.35. The van der Waals surface area contributed by atoms with Crippen LogP contribution >= 0.6 is 0 Å². The zero-order valence-corrected chi connectivity index (χ0v) is 17.1. The molecule has 3 aromatic heterocycles. The number of rotatable bonds is 7. The average molecular weight is 419 g/mol. The lowest BCUT2D eigenvalue weighted by molar-refractivity contribution is -0.160. The van der Waals surface area contributed by atoms with Gasteiger partial charge >= 0.3 is 0 Å². The Balaban J connectivity index is 1.28. The van der Waals surface area contributed by atoms with E-state index in [9.17, 15) is 0 Å². The maximum Gasteiger partial charge on any atom is 0.220 e. The first-order valence-corrected chi connectivity index (χ1v) is 10.4. The minimum atomic E-state index is -0.765. The summed E-state index contributed by atoms with van der Waals surface area (Å²) in [5.41, 5.74) is 3.15. The predicted molar refractivity (Wildman–Crippen MR) is 114 cm³/mol. The number of hydrogen-bond donors (Lipinski definition) is 2. The van der Waals surface area contributed by atoms with E-state index in [1.54, 1.807) is 18.7 Å². The van der Waals surface area contributed by atoms with E-state index in [0.717, 1.165) is 49.6 Å². The monoisotopic (exact) mass is 419 g/mol. The number of pyridine rings is 1. The highest BCUT2D eigenvalue weighted by molar-refractivity contribution is 5.74. The number of allylic oxidation sites excluding steroid dienone is 2. The fraction of sp³-hybridized carbons (Fsp3) is 0.318. The number of nitrogens with zero attached hydrogens (tertiary/aromatic N) is 5. The minimum absolute atomic E-state index is 0.271. The van der Waals surface area contributed by atoms with Crippen molar-refractivity contribution in [2.24, 2.45) is 0 Å². The highest BCUT2D eigenvalue weighted by atomic mass is 16.5. The Morgan fingerprint density at radius 1 is 1.13 bits per heavy atom. The van der Waals surface area contributed by atoms with Crippen molar-refractivity contribution < 1.29 is 9.15 Å². The summed E-state index contributed by atoms with van der Waals surface area (Å²) < 4.78 is 11.7. The van der Waals surface area contributed by atoms with Gasteiger partial charge in [0.2, 0.25) is 11.7 Å². The first-order chi connectivity index (χ1) is 15.3. The van der Waals surface area contributed by atoms with Crippen molar-refractivity contribution in [3.8, 4) is 0 Å². The highest BCUT2D eigenvalue weighted by Gasteiger charge is 2.38. The Morgan fingerprint density at radius 2 is 2.06 bits per heavy atom. The maximum atomic E-state index is 6.35. The van der Waals surface area contributed by atoms with Gasteiger partial charge in [-0.1, -0.05) is 12.1 Å². The number of aromatic nitrogens is 4. The lowest BCUT2D eigenvalue weighted by atomic mass is 10.1. The molecule has 1 atom stereocenters. The SMILES string of the molecule is C1=CC(OCc2ncco2)(N2CCN(Cc3ccccn3)CC2)NC=C1c1cn[nH]c1. The molecule has 31 heavy (non-hydrogen) atoms. The van der Waals surface area contributed by atoms with Crippen LogP contribution < -0.4 is 5.32 Å². The summed E-state index contributed by atoms with van der Waals surface area (Å²) >= 11 is 0. The molecule has 160 valence electrons. The third-order valence-electron chi connectivity index (χ3n) is 5.61. The molecule has 0 aromatic carbocycles. The second-order valence-corrected chi connectivity index (χ2v) is 7.56. The molecule has 2 N–H and O–H groups in total. The van der Waals surface area contributed by atoms with Gasteiger partial charge in [-0.2, -0.15) is 5.10 Å². The van der Waals surface area contributed by atoms with Gasteiger partial charge in [0.15, 0.2) is 0 Å². The summed E-state index contributed by atoms with van der Waals surface area (Å²) in [6.07, 6.45) is 14.8. The largest absolute Gasteiger partial charge is 0.446 e. The number of aromatic amines is 1. The lowest BCUT2D eigenvalue weighted by Crippen LogP contribution is -2.63. The van der Waals surface area contributed by atoms with Crippen molar-refractivity contribution in [3.63, 3.8) is 0 Å². The fourth-order valence-electron chi connectivity index (χ4n) is 3.90. The number of hydrogen-bond acceptors (Lipinski definition) is 8. The Morgan fingerprint density at radius 3 is 2.74 bits per heavy atom. The zero-order chi connectivity index (χ0) is 20.9. The van der Waals surface area contributed by atoms with Gasteiger partial charge in [-0.05, 0) is 18.2 Å². The molecule has 0 amide bonds. The predicted octanol–water partition coefficient (Wildman–Crippen LogP) is 1.98. The third kappa shape index (κ3) is 4.43. The molecule has 5 rings (SSSR count). The Labute approximate surface area is 180 Å². The molecule has 1 fully saturated rings. The van der Waals surface area contributed by atoms with Crippen LogP contribution in [0.25, 0.3) is 5.57 Å². The van der Waals surface area contributed by atoms with Crippen LogP contribution in [0.15, 0.2) is 72.0 Å². The van der Waals surface area contributed by atoms with E-state index >= 15 is 0 Å². The van der Waals surface area contributed by atoms with Crippen molar-refractivity contribution in [1.29, 1.82) is 0 Å². The van der Waals surface area contributed by atoms with Crippen LogP contribution in [-0.4, -0.2) is 62.0 Å². The summed E-state index contributed by atoms with van der Waals surface area (Å²) in [5.74, 6) is -0.216. The van der Waals surface area contributed by atoms with E-state index in [2.05, 4.69) is 53.5 Å². The van der Waals surface area contributed by atoms with E-state index < -0.39 is 5.85 Å². The molecule has 2 aliphatic rings. The van der Waals surface area contributed by atoms with Crippen LogP contribution in [0, 0.1) is 0 Å². The van der Waals surface area contributed by atoms with Gasteiger partial charge in [-0.3, -0.25) is 19.9 Å². The molecule has 5 heterocycles. The van der Waals surface area contributed by atoms with Crippen molar-refractivity contribution >= 4 is 5.57 Å². The van der Waals surface area contributed by atoms with Crippen molar-refractivity contribution in [2.75, 3.05) is 26.2 Å². The van der Waals surface area contributed by atoms with Crippen LogP contribution in [0.5, 0.6) is 0 Å². The smallest absolute Gasteiger partial charge is 0.220 e. The summed E-state index contributed by atoms with van der Waals surface area (Å²) in [5, 5.41) is 10.4. The van der Waals surface area contributed by atoms with Crippen LogP contribution in [-0.2, 0) is 17.9 Å². The van der Waals surface area contributed by atoms with Crippen molar-refractivity contribution in [2.45, 2.75) is 19.0 Å². The Kier molecular flexibility index (Phi) is 5.61. The molecule has 0 radical (unpaired) electrons. The van der Waals surface area contributed by atoms with Gasteiger partial charge < -0.3 is 14.5 Å². The van der Waals surface area contributed by atoms with E-state index in [1.165, 1.54) is 0 Å². The number of oxazole rings is 1. The third-order valence-corrected chi connectivity index (χ3v) is 5.61. The molecule has 0 bridgehead atoms. The number of H-pyrrole nitrogens is 1. The first-order valence-electron chi connectivity index (χ1n) is 10.4. The molecule has 1 unspecified atom stereocenters. The van der Waals surface area contributed by atoms with E-state index in [4.69, 9.17) is 9.15 Å².